The van der Waals surface area contributed by atoms with Gasteiger partial charge in [-0.1, -0.05) is 12.1 Å². The molecule has 0 saturated carbocycles. The standard InChI is InChI=1S/C19H16F3IN2O2/c1-18(2,3)27-17(26)25-9-12-5-4-11(8-13(12)10-25)15-14(23)6-7-24-16(15)19(20,21)22/h4-10H,1-3H3. The van der Waals surface area contributed by atoms with Crippen molar-refractivity contribution in [2.75, 3.05) is 0 Å². The fourth-order valence-corrected chi connectivity index (χ4v) is 3.37. The average molecular weight is 488 g/mol. The van der Waals surface area contributed by atoms with E-state index in [9.17, 15) is 18.0 Å². The maximum absolute atomic E-state index is 13.4. The van der Waals surface area contributed by atoms with Gasteiger partial charge in [0.05, 0.1) is 0 Å². The van der Waals surface area contributed by atoms with E-state index in [1.807, 2.05) is 22.6 Å². The Kier molecular flexibility index (Phi) is 4.96. The molecule has 0 radical (unpaired) electrons. The topological polar surface area (TPSA) is 44.1 Å². The molecule has 0 N–H and O–H groups in total. The van der Waals surface area contributed by atoms with Gasteiger partial charge in [-0.25, -0.2) is 4.79 Å². The summed E-state index contributed by atoms with van der Waals surface area (Å²) in [5.74, 6) is 0. The van der Waals surface area contributed by atoms with Crippen molar-refractivity contribution in [3.05, 3.63) is 52.1 Å². The summed E-state index contributed by atoms with van der Waals surface area (Å²) in [5, 5.41) is 1.35. The summed E-state index contributed by atoms with van der Waals surface area (Å²) in [4.78, 5) is 15.7. The molecule has 2 heterocycles. The first-order chi connectivity index (χ1) is 12.5. The van der Waals surface area contributed by atoms with E-state index in [0.717, 1.165) is 11.6 Å². The zero-order chi connectivity index (χ0) is 20.0. The van der Waals surface area contributed by atoms with Crippen LogP contribution in [0.25, 0.3) is 21.9 Å². The van der Waals surface area contributed by atoms with Crippen LogP contribution in [0.15, 0.2) is 42.9 Å². The number of carbonyl (C=O) groups is 1. The lowest BCUT2D eigenvalue weighted by atomic mass is 10.0. The van der Waals surface area contributed by atoms with Gasteiger partial charge in [0.25, 0.3) is 0 Å². The third kappa shape index (κ3) is 4.26. The van der Waals surface area contributed by atoms with E-state index in [1.54, 1.807) is 51.4 Å². The number of halogens is 4. The van der Waals surface area contributed by atoms with Gasteiger partial charge >= 0.3 is 12.3 Å². The summed E-state index contributed by atoms with van der Waals surface area (Å²) in [6, 6.07) is 6.41. The molecule has 142 valence electrons. The van der Waals surface area contributed by atoms with Crippen molar-refractivity contribution < 1.29 is 22.7 Å². The van der Waals surface area contributed by atoms with E-state index in [0.29, 0.717) is 14.5 Å². The quantitative estimate of drug-likeness (QED) is 0.389. The van der Waals surface area contributed by atoms with Gasteiger partial charge in [0.1, 0.15) is 5.60 Å². The third-order valence-corrected chi connectivity index (χ3v) is 4.60. The molecule has 1 aromatic carbocycles. The molecule has 0 saturated heterocycles. The minimum Gasteiger partial charge on any atom is -0.443 e. The van der Waals surface area contributed by atoms with Gasteiger partial charge in [-0.3, -0.25) is 9.55 Å². The SMILES string of the molecule is CC(C)(C)OC(=O)n1cc2ccc(-c3c(I)ccnc3C(F)(F)F)cc2c1. The van der Waals surface area contributed by atoms with Crippen LogP contribution < -0.4 is 0 Å². The second-order valence-corrected chi connectivity index (χ2v) is 8.17. The Bertz CT molecular complexity index is 1020. The Morgan fingerprint density at radius 2 is 1.78 bits per heavy atom. The third-order valence-electron chi connectivity index (χ3n) is 3.70. The smallest absolute Gasteiger partial charge is 0.433 e. The molecule has 0 aliphatic heterocycles. The Morgan fingerprint density at radius 3 is 2.41 bits per heavy atom. The fraction of sp³-hybridized carbons (Fsp3) is 0.263. The average Bonchev–Trinajstić information content (AvgIpc) is 2.95. The van der Waals surface area contributed by atoms with Crippen LogP contribution in [0, 0.1) is 3.57 Å². The number of carbonyl (C=O) groups excluding carboxylic acids is 1. The molecular formula is C19H16F3IN2O2. The lowest BCUT2D eigenvalue weighted by Gasteiger charge is -2.19. The molecule has 3 aromatic rings. The minimum absolute atomic E-state index is 0.0255. The van der Waals surface area contributed by atoms with Crippen LogP contribution >= 0.6 is 22.6 Å². The molecule has 0 spiro atoms. The van der Waals surface area contributed by atoms with E-state index in [-0.39, 0.29) is 5.56 Å². The van der Waals surface area contributed by atoms with Gasteiger partial charge in [-0.05, 0) is 61.1 Å². The van der Waals surface area contributed by atoms with Crippen LogP contribution in [-0.4, -0.2) is 21.2 Å². The molecule has 3 rings (SSSR count). The van der Waals surface area contributed by atoms with Gasteiger partial charge in [0, 0.05) is 38.5 Å². The number of nitrogens with zero attached hydrogens (tertiary/aromatic N) is 2. The fourth-order valence-electron chi connectivity index (χ4n) is 2.64. The highest BCUT2D eigenvalue weighted by Gasteiger charge is 2.36. The number of pyridine rings is 1. The minimum atomic E-state index is -4.56. The normalized spacial score (nSPS) is 12.4. The Hall–Kier alpha value is -2.10. The molecular weight excluding hydrogens is 472 g/mol. The summed E-state index contributed by atoms with van der Waals surface area (Å²) in [7, 11) is 0. The van der Waals surface area contributed by atoms with Crippen molar-refractivity contribution in [3.8, 4) is 11.1 Å². The van der Waals surface area contributed by atoms with Crippen LogP contribution in [0.3, 0.4) is 0 Å². The molecule has 0 fully saturated rings. The monoisotopic (exact) mass is 488 g/mol. The summed E-state index contributed by atoms with van der Waals surface area (Å²) >= 11 is 1.86. The Morgan fingerprint density at radius 1 is 1.11 bits per heavy atom. The van der Waals surface area contributed by atoms with Crippen LogP contribution in [0.1, 0.15) is 26.5 Å². The lowest BCUT2D eigenvalue weighted by molar-refractivity contribution is -0.140. The second-order valence-electron chi connectivity index (χ2n) is 7.00. The van der Waals surface area contributed by atoms with Crippen molar-refractivity contribution in [1.29, 1.82) is 0 Å². The molecule has 27 heavy (non-hydrogen) atoms. The Balaban J connectivity index is 2.08. The predicted octanol–water partition coefficient (Wildman–Crippen LogP) is 6.11. The first-order valence-electron chi connectivity index (χ1n) is 8.03. The Labute approximate surface area is 167 Å². The molecule has 0 amide bonds. The molecule has 4 nitrogen and oxygen atoms in total. The summed E-state index contributed by atoms with van der Waals surface area (Å²) in [5.41, 5.74) is -1.17. The van der Waals surface area contributed by atoms with E-state index in [1.165, 1.54) is 10.6 Å². The largest absolute Gasteiger partial charge is 0.443 e. The van der Waals surface area contributed by atoms with Crippen LogP contribution in [0.5, 0.6) is 0 Å². The molecule has 0 bridgehead atoms. The molecule has 8 heteroatoms. The molecule has 0 unspecified atom stereocenters. The van der Waals surface area contributed by atoms with Crippen molar-refractivity contribution in [1.82, 2.24) is 9.55 Å². The van der Waals surface area contributed by atoms with Crippen molar-refractivity contribution in [2.24, 2.45) is 0 Å². The van der Waals surface area contributed by atoms with E-state index < -0.39 is 23.6 Å². The highest BCUT2D eigenvalue weighted by molar-refractivity contribution is 14.1. The number of aromatic nitrogens is 2. The van der Waals surface area contributed by atoms with Crippen molar-refractivity contribution in [2.45, 2.75) is 32.5 Å². The van der Waals surface area contributed by atoms with E-state index in [4.69, 9.17) is 4.74 Å². The number of hydrogen-bond acceptors (Lipinski definition) is 3. The first-order valence-corrected chi connectivity index (χ1v) is 9.11. The van der Waals surface area contributed by atoms with E-state index >= 15 is 0 Å². The zero-order valence-electron chi connectivity index (χ0n) is 14.8. The van der Waals surface area contributed by atoms with Gasteiger partial charge in [-0.15, -0.1) is 0 Å². The number of benzene rings is 1. The highest BCUT2D eigenvalue weighted by atomic mass is 127. The van der Waals surface area contributed by atoms with Gasteiger partial charge in [0.2, 0.25) is 0 Å². The van der Waals surface area contributed by atoms with E-state index in [2.05, 4.69) is 4.98 Å². The molecule has 0 aliphatic carbocycles. The molecule has 0 aliphatic rings. The van der Waals surface area contributed by atoms with Gasteiger partial charge in [-0.2, -0.15) is 13.2 Å². The lowest BCUT2D eigenvalue weighted by Crippen LogP contribution is -2.26. The number of rotatable bonds is 1. The first kappa shape index (κ1) is 19.7. The summed E-state index contributed by atoms with van der Waals surface area (Å²) < 4.78 is 47.1. The summed E-state index contributed by atoms with van der Waals surface area (Å²) in [6.07, 6.45) is -0.832. The molecule has 0 atom stereocenters. The molecule has 2 aromatic heterocycles. The van der Waals surface area contributed by atoms with Crippen molar-refractivity contribution in [3.63, 3.8) is 0 Å². The van der Waals surface area contributed by atoms with Crippen LogP contribution in [-0.2, 0) is 10.9 Å². The van der Waals surface area contributed by atoms with Crippen LogP contribution in [0.2, 0.25) is 0 Å². The second kappa shape index (κ2) is 6.81. The number of alkyl halides is 3. The number of hydrogen-bond donors (Lipinski definition) is 0. The number of ether oxygens (including phenoxy) is 1. The van der Waals surface area contributed by atoms with Gasteiger partial charge in [0.15, 0.2) is 5.69 Å². The van der Waals surface area contributed by atoms with Crippen molar-refractivity contribution >= 4 is 39.5 Å². The maximum Gasteiger partial charge on any atom is 0.433 e. The number of fused-ring (bicyclic) bond motifs is 1. The zero-order valence-corrected chi connectivity index (χ0v) is 16.9. The maximum atomic E-state index is 13.4. The summed E-state index contributed by atoms with van der Waals surface area (Å²) in [6.45, 7) is 5.28. The predicted molar refractivity (Wildman–Crippen MR) is 105 cm³/mol. The van der Waals surface area contributed by atoms with Gasteiger partial charge < -0.3 is 4.74 Å². The van der Waals surface area contributed by atoms with Crippen LogP contribution in [0.4, 0.5) is 18.0 Å². The highest BCUT2D eigenvalue weighted by Crippen LogP contribution is 2.38.